The zero-order valence-corrected chi connectivity index (χ0v) is 10.9. The fraction of sp³-hybridized carbons (Fsp3) is 0.154. The highest BCUT2D eigenvalue weighted by Gasteiger charge is 2.02. The Labute approximate surface area is 109 Å². The largest absolute Gasteiger partial charge is 0.487 e. The van der Waals surface area contributed by atoms with Crippen LogP contribution in [0.5, 0.6) is 5.75 Å². The average Bonchev–Trinajstić information content (AvgIpc) is 2.37. The number of halogens is 1. The van der Waals surface area contributed by atoms with Crippen LogP contribution in [0.2, 0.25) is 0 Å². The molecule has 0 fully saturated rings. The first kappa shape index (κ1) is 12.1. The number of pyridine rings is 1. The Morgan fingerprint density at radius 3 is 2.94 bits per heavy atom. The summed E-state index contributed by atoms with van der Waals surface area (Å²) in [7, 11) is 0. The van der Waals surface area contributed by atoms with E-state index in [-0.39, 0.29) is 0 Å². The minimum Gasteiger partial charge on any atom is -0.487 e. The summed E-state index contributed by atoms with van der Waals surface area (Å²) in [6.45, 7) is 0.967. The molecule has 2 rings (SSSR count). The molecule has 0 radical (unpaired) electrons. The Morgan fingerprint density at radius 1 is 1.29 bits per heavy atom. The van der Waals surface area contributed by atoms with Crippen molar-refractivity contribution < 1.29 is 4.74 Å². The van der Waals surface area contributed by atoms with Gasteiger partial charge in [-0.2, -0.15) is 0 Å². The monoisotopic (exact) mass is 292 g/mol. The molecule has 4 heteroatoms. The van der Waals surface area contributed by atoms with Crippen molar-refractivity contribution in [2.75, 3.05) is 0 Å². The second kappa shape index (κ2) is 5.80. The normalized spacial score (nSPS) is 10.2. The molecule has 1 heterocycles. The van der Waals surface area contributed by atoms with E-state index in [1.807, 2.05) is 30.3 Å². The topological polar surface area (TPSA) is 48.1 Å². The predicted molar refractivity (Wildman–Crippen MR) is 70.6 cm³/mol. The number of aromatic nitrogens is 1. The number of hydrogen-bond donors (Lipinski definition) is 1. The van der Waals surface area contributed by atoms with Gasteiger partial charge in [0, 0.05) is 22.8 Å². The van der Waals surface area contributed by atoms with Gasteiger partial charge in [-0.05, 0) is 23.8 Å². The number of nitrogens with zero attached hydrogens (tertiary/aromatic N) is 1. The van der Waals surface area contributed by atoms with Crippen LogP contribution in [-0.2, 0) is 13.2 Å². The molecule has 1 aromatic carbocycles. The molecule has 17 heavy (non-hydrogen) atoms. The fourth-order valence-corrected chi connectivity index (χ4v) is 1.94. The van der Waals surface area contributed by atoms with Crippen molar-refractivity contribution in [1.29, 1.82) is 0 Å². The molecular weight excluding hydrogens is 280 g/mol. The molecule has 2 N–H and O–H groups in total. The van der Waals surface area contributed by atoms with Crippen LogP contribution in [0.25, 0.3) is 0 Å². The van der Waals surface area contributed by atoms with E-state index in [2.05, 4.69) is 20.9 Å². The van der Waals surface area contributed by atoms with Crippen molar-refractivity contribution in [1.82, 2.24) is 4.98 Å². The van der Waals surface area contributed by atoms with Crippen LogP contribution in [-0.4, -0.2) is 4.98 Å². The van der Waals surface area contributed by atoms with Crippen molar-refractivity contribution in [2.45, 2.75) is 13.2 Å². The molecule has 0 atom stereocenters. The Balaban J connectivity index is 2.07. The van der Waals surface area contributed by atoms with Gasteiger partial charge in [0.25, 0.3) is 0 Å². The summed E-state index contributed by atoms with van der Waals surface area (Å²) in [4.78, 5) is 4.03. The third kappa shape index (κ3) is 3.28. The maximum Gasteiger partial charge on any atom is 0.142 e. The minimum atomic E-state index is 0.455. The lowest BCUT2D eigenvalue weighted by molar-refractivity contribution is 0.301. The number of rotatable bonds is 4. The lowest BCUT2D eigenvalue weighted by Gasteiger charge is -2.09. The van der Waals surface area contributed by atoms with Crippen molar-refractivity contribution in [2.24, 2.45) is 5.73 Å². The van der Waals surface area contributed by atoms with Crippen LogP contribution in [0.4, 0.5) is 0 Å². The van der Waals surface area contributed by atoms with Crippen molar-refractivity contribution in [3.8, 4) is 5.75 Å². The maximum absolute atomic E-state index is 5.71. The Bertz CT molecular complexity index is 502. The molecule has 1 aromatic heterocycles. The second-order valence-electron chi connectivity index (χ2n) is 3.61. The van der Waals surface area contributed by atoms with E-state index >= 15 is 0 Å². The van der Waals surface area contributed by atoms with Crippen molar-refractivity contribution >= 4 is 15.9 Å². The van der Waals surface area contributed by atoms with Gasteiger partial charge >= 0.3 is 0 Å². The van der Waals surface area contributed by atoms with E-state index in [9.17, 15) is 0 Å². The summed E-state index contributed by atoms with van der Waals surface area (Å²) >= 11 is 3.43. The van der Waals surface area contributed by atoms with E-state index in [0.717, 1.165) is 21.3 Å². The minimum absolute atomic E-state index is 0.455. The van der Waals surface area contributed by atoms with E-state index in [4.69, 9.17) is 10.5 Å². The predicted octanol–water partition coefficient (Wildman–Crippen LogP) is 2.88. The molecule has 0 unspecified atom stereocenters. The first-order valence-electron chi connectivity index (χ1n) is 5.30. The van der Waals surface area contributed by atoms with Crippen LogP contribution < -0.4 is 10.5 Å². The highest BCUT2D eigenvalue weighted by atomic mass is 79.9. The molecular formula is C13H13BrN2O. The highest BCUT2D eigenvalue weighted by molar-refractivity contribution is 9.10. The molecule has 0 aliphatic rings. The number of nitrogens with two attached hydrogens (primary N) is 1. The maximum atomic E-state index is 5.71. The summed E-state index contributed by atoms with van der Waals surface area (Å²) < 4.78 is 6.75. The Kier molecular flexibility index (Phi) is 4.12. The van der Waals surface area contributed by atoms with Gasteiger partial charge in [0.2, 0.25) is 0 Å². The van der Waals surface area contributed by atoms with Crippen molar-refractivity contribution in [3.63, 3.8) is 0 Å². The van der Waals surface area contributed by atoms with Gasteiger partial charge in [0.15, 0.2) is 0 Å². The van der Waals surface area contributed by atoms with Gasteiger partial charge in [-0.25, -0.2) is 0 Å². The van der Waals surface area contributed by atoms with E-state index < -0.39 is 0 Å². The van der Waals surface area contributed by atoms with Gasteiger partial charge in [-0.15, -0.1) is 0 Å². The van der Waals surface area contributed by atoms with Gasteiger partial charge in [-0.1, -0.05) is 28.1 Å². The lowest BCUT2D eigenvalue weighted by atomic mass is 10.2. The van der Waals surface area contributed by atoms with Crippen LogP contribution in [0.1, 0.15) is 11.1 Å². The summed E-state index contributed by atoms with van der Waals surface area (Å²) in [6, 6.07) is 9.88. The smallest absolute Gasteiger partial charge is 0.142 e. The summed E-state index contributed by atoms with van der Waals surface area (Å²) in [5.74, 6) is 0.745. The van der Waals surface area contributed by atoms with Gasteiger partial charge < -0.3 is 10.5 Å². The third-order valence-electron chi connectivity index (χ3n) is 2.37. The van der Waals surface area contributed by atoms with E-state index in [1.165, 1.54) is 0 Å². The Hall–Kier alpha value is -1.39. The molecule has 0 amide bonds. The quantitative estimate of drug-likeness (QED) is 0.943. The molecule has 0 aliphatic heterocycles. The molecule has 0 bridgehead atoms. The van der Waals surface area contributed by atoms with Crippen LogP contribution in [0.3, 0.4) is 0 Å². The van der Waals surface area contributed by atoms with Crippen LogP contribution >= 0.6 is 15.9 Å². The van der Waals surface area contributed by atoms with Gasteiger partial charge in [0.1, 0.15) is 12.4 Å². The summed E-state index contributed by atoms with van der Waals surface area (Å²) in [6.07, 6.45) is 3.41. The zero-order valence-electron chi connectivity index (χ0n) is 9.27. The highest BCUT2D eigenvalue weighted by Crippen LogP contribution is 2.18. The molecule has 0 spiro atoms. The molecule has 0 aliphatic carbocycles. The number of ether oxygens (including phenoxy) is 1. The van der Waals surface area contributed by atoms with Crippen LogP contribution in [0.15, 0.2) is 47.2 Å². The molecule has 0 saturated heterocycles. The summed E-state index contributed by atoms with van der Waals surface area (Å²) in [5, 5.41) is 0. The van der Waals surface area contributed by atoms with Crippen molar-refractivity contribution in [3.05, 3.63) is 58.3 Å². The molecule has 3 nitrogen and oxygen atoms in total. The average molecular weight is 293 g/mol. The van der Waals surface area contributed by atoms with Crippen LogP contribution in [0, 0.1) is 0 Å². The first-order valence-corrected chi connectivity index (χ1v) is 6.09. The molecule has 2 aromatic rings. The lowest BCUT2D eigenvalue weighted by Crippen LogP contribution is -2.03. The van der Waals surface area contributed by atoms with E-state index in [1.54, 1.807) is 12.4 Å². The standard InChI is InChI=1S/C13H13BrN2O/c14-12-3-1-2-10(6-12)9-17-13-8-16-5-4-11(13)7-15/h1-6,8H,7,9,15H2. The SMILES string of the molecule is NCc1ccncc1OCc1cccc(Br)c1. The third-order valence-corrected chi connectivity index (χ3v) is 2.87. The zero-order chi connectivity index (χ0) is 12.1. The fourth-order valence-electron chi connectivity index (χ4n) is 1.50. The van der Waals surface area contributed by atoms with Gasteiger partial charge in [-0.3, -0.25) is 4.98 Å². The number of benzene rings is 1. The first-order chi connectivity index (χ1) is 8.29. The molecule has 0 saturated carbocycles. The Morgan fingerprint density at radius 2 is 2.18 bits per heavy atom. The number of hydrogen-bond acceptors (Lipinski definition) is 3. The second-order valence-corrected chi connectivity index (χ2v) is 4.52. The van der Waals surface area contributed by atoms with E-state index in [0.29, 0.717) is 13.2 Å². The van der Waals surface area contributed by atoms with Gasteiger partial charge in [0.05, 0.1) is 6.20 Å². The molecule has 88 valence electrons. The summed E-state index contributed by atoms with van der Waals surface area (Å²) in [5.41, 5.74) is 7.70.